The summed E-state index contributed by atoms with van der Waals surface area (Å²) in [5.74, 6) is -2.00. The average Bonchev–Trinajstić information content (AvgIpc) is 2.74. The van der Waals surface area contributed by atoms with Gasteiger partial charge >= 0.3 is 6.09 Å². The van der Waals surface area contributed by atoms with E-state index in [1.807, 2.05) is 44.2 Å². The molecule has 0 radical (unpaired) electrons. The van der Waals surface area contributed by atoms with Crippen LogP contribution in [-0.4, -0.2) is 54.1 Å². The van der Waals surface area contributed by atoms with Gasteiger partial charge in [0.15, 0.2) is 0 Å². The van der Waals surface area contributed by atoms with Gasteiger partial charge < -0.3 is 31.2 Å². The summed E-state index contributed by atoms with van der Waals surface area (Å²) in [4.78, 5) is 50.3. The van der Waals surface area contributed by atoms with Crippen molar-refractivity contribution >= 4 is 23.8 Å². The molecule has 36 heavy (non-hydrogen) atoms. The van der Waals surface area contributed by atoms with E-state index in [1.54, 1.807) is 34.6 Å². The number of carbonyl (C=O) groups is 4. The van der Waals surface area contributed by atoms with Gasteiger partial charge in [0.25, 0.3) is 0 Å². The minimum atomic E-state index is -1.12. The molecule has 0 aliphatic carbocycles. The van der Waals surface area contributed by atoms with E-state index in [-0.39, 0.29) is 25.0 Å². The van der Waals surface area contributed by atoms with Gasteiger partial charge in [-0.1, -0.05) is 58.0 Å². The first-order valence-corrected chi connectivity index (χ1v) is 12.2. The van der Waals surface area contributed by atoms with E-state index in [0.29, 0.717) is 6.42 Å². The molecule has 0 saturated carbocycles. The predicted octanol–water partition coefficient (Wildman–Crippen LogP) is 2.25. The van der Waals surface area contributed by atoms with Crippen LogP contribution in [0, 0.1) is 11.8 Å². The van der Waals surface area contributed by atoms with Gasteiger partial charge in [0.05, 0.1) is 13.2 Å². The molecule has 10 nitrogen and oxygen atoms in total. The minimum absolute atomic E-state index is 0.124. The highest BCUT2D eigenvalue weighted by molar-refractivity contribution is 5.93. The fourth-order valence-corrected chi connectivity index (χ4v) is 3.27. The maximum absolute atomic E-state index is 13.2. The maximum Gasteiger partial charge on any atom is 0.408 e. The Morgan fingerprint density at radius 1 is 0.889 bits per heavy atom. The lowest BCUT2D eigenvalue weighted by atomic mass is 10.00. The second kappa shape index (κ2) is 14.4. The number of hydrogen-bond acceptors (Lipinski definition) is 6. The van der Waals surface area contributed by atoms with Crippen LogP contribution in [0.15, 0.2) is 30.3 Å². The van der Waals surface area contributed by atoms with E-state index >= 15 is 0 Å². The van der Waals surface area contributed by atoms with E-state index in [2.05, 4.69) is 16.0 Å². The average molecular weight is 507 g/mol. The molecule has 0 aliphatic heterocycles. The molecule has 0 saturated heterocycles. The number of hydrogen-bond donors (Lipinski definition) is 4. The van der Waals surface area contributed by atoms with Crippen LogP contribution >= 0.6 is 0 Å². The Hall–Kier alpha value is -3.14. The summed E-state index contributed by atoms with van der Waals surface area (Å²) in [5, 5.41) is 7.84. The number of rotatable bonds is 13. The first-order chi connectivity index (χ1) is 16.7. The molecule has 0 fully saturated rings. The van der Waals surface area contributed by atoms with Gasteiger partial charge in [-0.25, -0.2) is 4.79 Å². The normalized spacial score (nSPS) is 14.0. The number of benzene rings is 1. The molecule has 1 aromatic carbocycles. The molecule has 3 atom stereocenters. The van der Waals surface area contributed by atoms with Crippen LogP contribution in [0.25, 0.3) is 0 Å². The van der Waals surface area contributed by atoms with Crippen molar-refractivity contribution < 1.29 is 28.7 Å². The van der Waals surface area contributed by atoms with Crippen LogP contribution in [0.3, 0.4) is 0 Å². The molecular weight excluding hydrogens is 464 g/mol. The number of nitrogens with two attached hydrogens (primary N) is 1. The summed E-state index contributed by atoms with van der Waals surface area (Å²) in [6.45, 7) is 12.5. The van der Waals surface area contributed by atoms with E-state index in [1.165, 1.54) is 0 Å². The Bertz CT molecular complexity index is 867. The Balaban J connectivity index is 2.96. The summed E-state index contributed by atoms with van der Waals surface area (Å²) in [6, 6.07) is 6.41. The molecular formula is C26H42N4O6. The number of amides is 4. The van der Waals surface area contributed by atoms with Crippen LogP contribution in [0.5, 0.6) is 0 Å². The standard InChI is InChI=1S/C26H42N4O6/c1-16(2)13-19(22(27)31)28-24(33)21(17(3)4)30-23(32)20(29-25(34)36-26(5,6)7)15-35-14-18-11-9-8-10-12-18/h8-12,16-17,19-21H,13-15H2,1-7H3,(H2,27,31)(H,28,33)(H,29,34)(H,30,32)/t19-,20-,21+/m0/s1. The second-order valence-corrected chi connectivity index (χ2v) is 10.5. The highest BCUT2D eigenvalue weighted by Crippen LogP contribution is 2.10. The Morgan fingerprint density at radius 3 is 2.00 bits per heavy atom. The van der Waals surface area contributed by atoms with Crippen molar-refractivity contribution in [1.82, 2.24) is 16.0 Å². The van der Waals surface area contributed by atoms with E-state index in [0.717, 1.165) is 5.56 Å². The lowest BCUT2D eigenvalue weighted by molar-refractivity contribution is -0.133. The number of nitrogens with one attached hydrogen (secondary N) is 3. The number of alkyl carbamates (subject to hydrolysis) is 1. The first kappa shape index (κ1) is 30.9. The predicted molar refractivity (Wildman–Crippen MR) is 137 cm³/mol. The molecule has 0 aromatic heterocycles. The van der Waals surface area contributed by atoms with Crippen molar-refractivity contribution in [2.75, 3.05) is 6.61 Å². The second-order valence-electron chi connectivity index (χ2n) is 10.5. The number of ether oxygens (including phenoxy) is 2. The molecule has 0 bridgehead atoms. The topological polar surface area (TPSA) is 149 Å². The van der Waals surface area contributed by atoms with Crippen molar-refractivity contribution in [3.05, 3.63) is 35.9 Å². The van der Waals surface area contributed by atoms with Gasteiger partial charge in [-0.3, -0.25) is 14.4 Å². The summed E-state index contributed by atoms with van der Waals surface area (Å²) in [6.07, 6.45) is -0.419. The van der Waals surface area contributed by atoms with Gasteiger partial charge in [0.2, 0.25) is 17.7 Å². The number of primary amides is 1. The van der Waals surface area contributed by atoms with Crippen LogP contribution < -0.4 is 21.7 Å². The zero-order valence-electron chi connectivity index (χ0n) is 22.4. The maximum atomic E-state index is 13.2. The molecule has 5 N–H and O–H groups in total. The van der Waals surface area contributed by atoms with Crippen molar-refractivity contribution in [2.24, 2.45) is 17.6 Å². The fraction of sp³-hybridized carbons (Fsp3) is 0.615. The molecule has 0 spiro atoms. The first-order valence-electron chi connectivity index (χ1n) is 12.2. The SMILES string of the molecule is CC(C)C[C@H](NC(=O)[C@H](NC(=O)[C@H](COCc1ccccc1)NC(=O)OC(C)(C)C)C(C)C)C(N)=O. The van der Waals surface area contributed by atoms with Gasteiger partial charge in [0.1, 0.15) is 23.7 Å². The van der Waals surface area contributed by atoms with Crippen LogP contribution in [-0.2, 0) is 30.5 Å². The minimum Gasteiger partial charge on any atom is -0.444 e. The van der Waals surface area contributed by atoms with Gasteiger partial charge in [-0.2, -0.15) is 0 Å². The lowest BCUT2D eigenvalue weighted by Gasteiger charge is -2.28. The monoisotopic (exact) mass is 506 g/mol. The third kappa shape index (κ3) is 12.0. The van der Waals surface area contributed by atoms with Crippen molar-refractivity contribution in [1.29, 1.82) is 0 Å². The molecule has 0 unspecified atom stereocenters. The van der Waals surface area contributed by atoms with Gasteiger partial charge in [0, 0.05) is 0 Å². The Morgan fingerprint density at radius 2 is 1.50 bits per heavy atom. The summed E-state index contributed by atoms with van der Waals surface area (Å²) in [7, 11) is 0. The smallest absolute Gasteiger partial charge is 0.408 e. The van der Waals surface area contributed by atoms with E-state index in [4.69, 9.17) is 15.2 Å². The third-order valence-corrected chi connectivity index (χ3v) is 5.02. The molecule has 0 aliphatic rings. The Labute approximate surface area is 214 Å². The molecule has 4 amide bonds. The highest BCUT2D eigenvalue weighted by atomic mass is 16.6. The van der Waals surface area contributed by atoms with E-state index < -0.39 is 47.5 Å². The quantitative estimate of drug-likeness (QED) is 0.322. The van der Waals surface area contributed by atoms with E-state index in [9.17, 15) is 19.2 Å². The zero-order chi connectivity index (χ0) is 27.5. The molecule has 10 heteroatoms. The molecule has 1 aromatic rings. The number of carbonyl (C=O) groups excluding carboxylic acids is 4. The largest absolute Gasteiger partial charge is 0.444 e. The molecule has 202 valence electrons. The molecule has 1 rings (SSSR count). The third-order valence-electron chi connectivity index (χ3n) is 5.02. The van der Waals surface area contributed by atoms with Crippen LogP contribution in [0.4, 0.5) is 4.79 Å². The van der Waals surface area contributed by atoms with Crippen molar-refractivity contribution in [3.63, 3.8) is 0 Å². The fourth-order valence-electron chi connectivity index (χ4n) is 3.27. The Kier molecular flexibility index (Phi) is 12.4. The van der Waals surface area contributed by atoms with Gasteiger partial charge in [-0.15, -0.1) is 0 Å². The van der Waals surface area contributed by atoms with Crippen molar-refractivity contribution in [3.8, 4) is 0 Å². The summed E-state index contributed by atoms with van der Waals surface area (Å²) < 4.78 is 11.0. The van der Waals surface area contributed by atoms with Crippen LogP contribution in [0.1, 0.15) is 60.5 Å². The summed E-state index contributed by atoms with van der Waals surface area (Å²) in [5.41, 5.74) is 5.58. The lowest BCUT2D eigenvalue weighted by Crippen LogP contribution is -2.59. The highest BCUT2D eigenvalue weighted by Gasteiger charge is 2.32. The van der Waals surface area contributed by atoms with Gasteiger partial charge in [-0.05, 0) is 44.6 Å². The zero-order valence-corrected chi connectivity index (χ0v) is 22.4. The summed E-state index contributed by atoms with van der Waals surface area (Å²) >= 11 is 0. The van der Waals surface area contributed by atoms with Crippen molar-refractivity contribution in [2.45, 2.75) is 85.2 Å². The molecule has 0 heterocycles. The van der Waals surface area contributed by atoms with Crippen LogP contribution in [0.2, 0.25) is 0 Å².